The number of ketones is 2. The third kappa shape index (κ3) is 18.0. The van der Waals surface area contributed by atoms with Gasteiger partial charge in [0.25, 0.3) is 5.91 Å². The molecule has 4 rings (SSSR count). The summed E-state index contributed by atoms with van der Waals surface area (Å²) in [5, 5.41) is 23.6. The zero-order valence-electron chi connectivity index (χ0n) is 39.0. The highest BCUT2D eigenvalue weighted by Crippen LogP contribution is 2.32. The van der Waals surface area contributed by atoms with E-state index in [-0.39, 0.29) is 30.6 Å². The van der Waals surface area contributed by atoms with Gasteiger partial charge in [0.15, 0.2) is 5.70 Å². The largest absolute Gasteiger partial charge is 0.510 e. The van der Waals surface area contributed by atoms with E-state index in [2.05, 4.69) is 155 Å². The lowest BCUT2D eigenvalue weighted by molar-refractivity contribution is -0.147. The number of nitrogens with one attached hydrogen (secondary N) is 4. The Kier molecular flexibility index (Phi) is 21.0. The summed E-state index contributed by atoms with van der Waals surface area (Å²) < 4.78 is 5.00. The molecule has 0 saturated heterocycles. The zero-order chi connectivity index (χ0) is 52.1. The molecule has 0 saturated carbocycles. The van der Waals surface area contributed by atoms with Crippen LogP contribution in [0.2, 0.25) is 0 Å². The predicted molar refractivity (Wildman–Crippen MR) is 271 cm³/mol. The van der Waals surface area contributed by atoms with Gasteiger partial charge in [-0.25, -0.2) is 4.79 Å². The Balaban J connectivity index is 1.34. The van der Waals surface area contributed by atoms with Crippen molar-refractivity contribution in [2.75, 3.05) is 10.6 Å². The number of fused-ring (bicyclic) bond motifs is 1. The van der Waals surface area contributed by atoms with E-state index in [4.69, 9.17) is 11.2 Å². The van der Waals surface area contributed by atoms with Gasteiger partial charge in [0.2, 0.25) is 5.91 Å². The summed E-state index contributed by atoms with van der Waals surface area (Å²) in [5.41, 5.74) is 0.251. The SMILES string of the molecule is C#CC#CC#CC#CC#CC#CC#CC#CC#CC#CC#COC(=O)C(CC)C(=O)CC(C(=O)CC(C)(C)C(=O)Nc1cccc(NC(=O)C(N=Nc2ccc3[nH]c(=O)[nH]c3c2)=C(C)O)c1)c1ccccc1. The predicted octanol–water partition coefficient (Wildman–Crippen LogP) is 6.23. The Morgan fingerprint density at radius 3 is 1.79 bits per heavy atom. The van der Waals surface area contributed by atoms with Crippen molar-refractivity contribution >= 4 is 57.4 Å². The number of azo groups is 1. The second kappa shape index (κ2) is 28.2. The van der Waals surface area contributed by atoms with Crippen molar-refractivity contribution in [2.45, 2.75) is 52.9 Å². The number of aliphatic hydroxyl groups is 1. The highest BCUT2D eigenvalue weighted by molar-refractivity contribution is 6.05. The first kappa shape index (κ1) is 53.6. The fourth-order valence-electron chi connectivity index (χ4n) is 5.99. The highest BCUT2D eigenvalue weighted by atomic mass is 16.5. The summed E-state index contributed by atoms with van der Waals surface area (Å²) in [4.78, 5) is 84.4. The van der Waals surface area contributed by atoms with Crippen LogP contribution in [0.3, 0.4) is 0 Å². The average Bonchev–Trinajstić information content (AvgIpc) is 3.73. The van der Waals surface area contributed by atoms with Crippen LogP contribution >= 0.6 is 0 Å². The summed E-state index contributed by atoms with van der Waals surface area (Å²) >= 11 is 0. The van der Waals surface area contributed by atoms with Crippen LogP contribution in [0.15, 0.2) is 99.3 Å². The lowest BCUT2D eigenvalue weighted by Gasteiger charge is -2.26. The molecule has 1 aromatic heterocycles. The summed E-state index contributed by atoms with van der Waals surface area (Å²) in [5.74, 6) is 42.5. The maximum atomic E-state index is 14.1. The number of carbonyl (C=O) groups excluding carboxylic acids is 5. The Hall–Kier alpha value is -11.0. The fraction of sp³-hybridized carbons (Fsp3) is 0.172. The second-order valence-corrected chi connectivity index (χ2v) is 15.1. The third-order valence-electron chi connectivity index (χ3n) is 9.41. The molecular formula is C58H38N6O8. The number of carbonyl (C=O) groups is 5. The molecule has 2 atom stereocenters. The Morgan fingerprint density at radius 2 is 1.24 bits per heavy atom. The van der Waals surface area contributed by atoms with Crippen molar-refractivity contribution in [1.29, 1.82) is 0 Å². The fourth-order valence-corrected chi connectivity index (χ4v) is 5.99. The third-order valence-corrected chi connectivity index (χ3v) is 9.41. The molecule has 0 aliphatic rings. The molecular weight excluding hydrogens is 909 g/mol. The molecule has 348 valence electrons. The number of Topliss-reactive ketones (excluding diaryl/α,β-unsaturated/α-hetero) is 2. The standard InChI is InChI=1S/C58H38N6O8/c1-6-8-9-10-11-12-13-14-15-16-17-18-19-20-21-22-23-24-25-29-37-72-55(69)47(7-2)51(66)40-48(43-31-27-26-28-32-43)52(67)41-58(4,5)56(70)60-45-34-30-33-44(38-45)59-54(68)53(42(3)65)64-63-46-35-36-49-50(39-46)62-57(71)61-49/h1,26-28,30-36,38-39,47-48,65H,7,40-41H2,2-5H3,(H,59,68)(H,60,70)(H2,61,62,71). The molecule has 0 fully saturated rings. The molecule has 5 N–H and O–H groups in total. The van der Waals surface area contributed by atoms with E-state index in [0.717, 1.165) is 0 Å². The summed E-state index contributed by atoms with van der Waals surface area (Å²) in [6.07, 6.45) is 6.54. The molecule has 4 aromatic rings. The number of H-pyrrole nitrogens is 2. The van der Waals surface area contributed by atoms with Crippen molar-refractivity contribution in [1.82, 2.24) is 9.97 Å². The first-order valence-corrected chi connectivity index (χ1v) is 21.3. The topological polar surface area (TPSA) is 212 Å². The maximum Gasteiger partial charge on any atom is 0.330 e. The molecule has 0 aliphatic carbocycles. The van der Waals surface area contributed by atoms with Gasteiger partial charge in [-0.3, -0.25) is 24.0 Å². The van der Waals surface area contributed by atoms with E-state index in [0.29, 0.717) is 22.3 Å². The number of rotatable bonds is 15. The van der Waals surface area contributed by atoms with E-state index < -0.39 is 63.7 Å². The number of allylic oxidation sites excluding steroid dienone is 1. The number of anilines is 2. The number of esters is 1. The van der Waals surface area contributed by atoms with Crippen molar-refractivity contribution in [3.8, 4) is 131 Å². The van der Waals surface area contributed by atoms with Crippen LogP contribution in [0.25, 0.3) is 11.0 Å². The van der Waals surface area contributed by atoms with Gasteiger partial charge in [0.05, 0.1) is 22.1 Å². The molecule has 0 bridgehead atoms. The van der Waals surface area contributed by atoms with Gasteiger partial charge < -0.3 is 30.4 Å². The Labute approximate surface area is 416 Å². The summed E-state index contributed by atoms with van der Waals surface area (Å²) in [6, 6.07) is 19.4. The smallest absolute Gasteiger partial charge is 0.330 e. The van der Waals surface area contributed by atoms with E-state index in [9.17, 15) is 33.9 Å². The number of ether oxygens (including phenoxy) is 1. The van der Waals surface area contributed by atoms with Gasteiger partial charge in [-0.15, -0.1) is 11.5 Å². The lowest BCUT2D eigenvalue weighted by atomic mass is 9.78. The van der Waals surface area contributed by atoms with Crippen LogP contribution in [-0.2, 0) is 28.7 Å². The maximum absolute atomic E-state index is 14.1. The van der Waals surface area contributed by atoms with Crippen molar-refractivity contribution in [3.05, 3.63) is 100 Å². The molecule has 3 aromatic carbocycles. The Morgan fingerprint density at radius 1 is 0.694 bits per heavy atom. The van der Waals surface area contributed by atoms with Crippen LogP contribution in [-0.4, -0.2) is 44.4 Å². The number of benzene rings is 3. The van der Waals surface area contributed by atoms with Crippen LogP contribution in [0.1, 0.15) is 58.4 Å². The average molecular weight is 947 g/mol. The Bertz CT molecular complexity index is 3650. The van der Waals surface area contributed by atoms with Gasteiger partial charge in [-0.1, -0.05) is 57.2 Å². The number of imidazole rings is 1. The molecule has 72 heavy (non-hydrogen) atoms. The molecule has 0 radical (unpaired) electrons. The molecule has 0 spiro atoms. The van der Waals surface area contributed by atoms with Crippen LogP contribution < -0.4 is 16.3 Å². The van der Waals surface area contributed by atoms with Crippen molar-refractivity contribution in [2.24, 2.45) is 21.6 Å². The van der Waals surface area contributed by atoms with Gasteiger partial charge in [0, 0.05) is 101 Å². The minimum absolute atomic E-state index is 0.0615. The van der Waals surface area contributed by atoms with Crippen molar-refractivity contribution < 1.29 is 33.8 Å². The van der Waals surface area contributed by atoms with Crippen LogP contribution in [0.5, 0.6) is 0 Å². The number of aliphatic hydroxyl groups excluding tert-OH is 1. The molecule has 14 nitrogen and oxygen atoms in total. The minimum Gasteiger partial charge on any atom is -0.510 e. The number of amides is 2. The quantitative estimate of drug-likeness (QED) is 0.0230. The number of aromatic amines is 2. The first-order chi connectivity index (χ1) is 34.7. The molecule has 1 heterocycles. The first-order valence-electron chi connectivity index (χ1n) is 21.3. The number of hydrogen-bond donors (Lipinski definition) is 5. The molecule has 0 aliphatic heterocycles. The van der Waals surface area contributed by atoms with E-state index >= 15 is 0 Å². The molecule has 14 heteroatoms. The molecule has 2 unspecified atom stereocenters. The number of hydrogen-bond acceptors (Lipinski definition) is 10. The monoisotopic (exact) mass is 946 g/mol. The molecule has 2 amide bonds. The van der Waals surface area contributed by atoms with Gasteiger partial charge in [-0.05, 0) is 103 Å². The van der Waals surface area contributed by atoms with E-state index in [1.54, 1.807) is 81.4 Å². The van der Waals surface area contributed by atoms with E-state index in [1.165, 1.54) is 19.1 Å². The number of nitrogens with zero attached hydrogens (tertiary/aromatic N) is 2. The lowest BCUT2D eigenvalue weighted by Crippen LogP contribution is -2.35. The normalized spacial score (nSPS) is 10.5. The van der Waals surface area contributed by atoms with Crippen LogP contribution in [0.4, 0.5) is 17.1 Å². The van der Waals surface area contributed by atoms with E-state index in [1.807, 2.05) is 0 Å². The minimum atomic E-state index is -1.31. The second-order valence-electron chi connectivity index (χ2n) is 15.1. The highest BCUT2D eigenvalue weighted by Gasteiger charge is 2.36. The van der Waals surface area contributed by atoms with Gasteiger partial charge in [-0.2, -0.15) is 5.11 Å². The van der Waals surface area contributed by atoms with Crippen LogP contribution in [0, 0.1) is 142 Å². The summed E-state index contributed by atoms with van der Waals surface area (Å²) in [7, 11) is 0. The number of terminal acetylenes is 1. The number of aromatic nitrogens is 2. The van der Waals surface area contributed by atoms with Gasteiger partial charge >= 0.3 is 11.7 Å². The summed E-state index contributed by atoms with van der Waals surface area (Å²) in [6.45, 7) is 6.03. The van der Waals surface area contributed by atoms with Crippen molar-refractivity contribution in [3.63, 3.8) is 0 Å². The van der Waals surface area contributed by atoms with Gasteiger partial charge in [0.1, 0.15) is 29.4 Å². The zero-order valence-corrected chi connectivity index (χ0v) is 39.0.